The topological polar surface area (TPSA) is 93.1 Å². The molecule has 2 N–H and O–H groups in total. The molecule has 1 aliphatic rings. The first-order valence-corrected chi connectivity index (χ1v) is 12.9. The third kappa shape index (κ3) is 5.04. The number of fused-ring (bicyclic) bond motifs is 1. The predicted octanol–water partition coefficient (Wildman–Crippen LogP) is 6.20. The zero-order chi connectivity index (χ0) is 24.9. The van der Waals surface area contributed by atoms with Gasteiger partial charge >= 0.3 is 0 Å². The van der Waals surface area contributed by atoms with Crippen LogP contribution in [0.25, 0.3) is 0 Å². The highest BCUT2D eigenvalue weighted by Gasteiger charge is 2.53. The number of phenolic OH excluding ortho intramolecular Hbond substituents is 1. The minimum Gasteiger partial charge on any atom is -0.504 e. The van der Waals surface area contributed by atoms with E-state index in [4.69, 9.17) is 9.47 Å². The lowest BCUT2D eigenvalue weighted by molar-refractivity contribution is 0.000416. The average Bonchev–Trinajstić information content (AvgIpc) is 2.57. The van der Waals surface area contributed by atoms with E-state index in [1.54, 1.807) is 6.92 Å². The first kappa shape index (κ1) is 26.8. The summed E-state index contributed by atoms with van der Waals surface area (Å²) in [6.45, 7) is 19.4. The van der Waals surface area contributed by atoms with Crippen LogP contribution in [0.5, 0.6) is 17.2 Å². The summed E-state index contributed by atoms with van der Waals surface area (Å²) in [7, 11) is -3.21. The molecule has 1 aromatic rings. The molecule has 2 atom stereocenters. The van der Waals surface area contributed by atoms with Crippen LogP contribution in [0.1, 0.15) is 92.2 Å². The van der Waals surface area contributed by atoms with Gasteiger partial charge in [-0.25, -0.2) is 0 Å². The van der Waals surface area contributed by atoms with Crippen molar-refractivity contribution in [1.29, 1.82) is 0 Å². The Kier molecular flexibility index (Phi) is 7.29. The minimum absolute atomic E-state index is 0.0171. The van der Waals surface area contributed by atoms with Gasteiger partial charge in [0, 0.05) is 22.5 Å². The zero-order valence-electron chi connectivity index (χ0n) is 21.4. The van der Waals surface area contributed by atoms with Gasteiger partial charge in [-0.3, -0.25) is 4.55 Å². The predicted molar refractivity (Wildman–Crippen MR) is 128 cm³/mol. The molecular formula is C25H42O6S. The Bertz CT molecular complexity index is 956. The SMILES string of the molecule is CCc1c(OC)c(O)c2c(c1S(=O)(=O)O)OCC(C)(CC(C)(C)C)C2C(C)(C)CC(C)C. The Morgan fingerprint density at radius 2 is 1.78 bits per heavy atom. The number of hydrogen-bond acceptors (Lipinski definition) is 5. The van der Waals surface area contributed by atoms with Crippen LogP contribution in [0.15, 0.2) is 4.90 Å². The van der Waals surface area contributed by atoms with Gasteiger partial charge in [0.05, 0.1) is 13.7 Å². The van der Waals surface area contributed by atoms with Gasteiger partial charge in [-0.2, -0.15) is 8.42 Å². The fraction of sp³-hybridized carbons (Fsp3) is 0.760. The second kappa shape index (κ2) is 8.71. The van der Waals surface area contributed by atoms with Gasteiger partial charge in [-0.1, -0.05) is 62.3 Å². The average molecular weight is 471 g/mol. The van der Waals surface area contributed by atoms with E-state index in [0.29, 0.717) is 18.1 Å². The maximum Gasteiger partial charge on any atom is 0.298 e. The molecule has 0 bridgehead atoms. The van der Waals surface area contributed by atoms with Crippen LogP contribution < -0.4 is 9.47 Å². The van der Waals surface area contributed by atoms with E-state index in [1.807, 2.05) is 0 Å². The van der Waals surface area contributed by atoms with Crippen LogP contribution in [0.4, 0.5) is 0 Å². The van der Waals surface area contributed by atoms with Gasteiger partial charge in [-0.05, 0) is 36.0 Å². The standard InChI is InChI=1S/C25H42O6S/c1-11-16-19(30-10)18(26)17-20(21(16)32(27,28)29)31-14-25(9,13-23(4,5)6)22(17)24(7,8)12-15(2)3/h15,22,26H,11-14H2,1-10H3,(H,27,28,29). The van der Waals surface area contributed by atoms with Crippen LogP contribution >= 0.6 is 0 Å². The molecule has 0 saturated carbocycles. The summed E-state index contributed by atoms with van der Waals surface area (Å²) >= 11 is 0. The van der Waals surface area contributed by atoms with Crippen molar-refractivity contribution in [2.45, 2.75) is 92.4 Å². The Morgan fingerprint density at radius 3 is 2.19 bits per heavy atom. The monoisotopic (exact) mass is 470 g/mol. The molecule has 0 aromatic heterocycles. The molecule has 184 valence electrons. The quantitative estimate of drug-likeness (QED) is 0.461. The second-order valence-electron chi connectivity index (χ2n) is 12.0. The fourth-order valence-corrected chi connectivity index (χ4v) is 7.45. The van der Waals surface area contributed by atoms with Crippen molar-refractivity contribution in [3.63, 3.8) is 0 Å². The first-order chi connectivity index (χ1) is 14.4. The third-order valence-corrected chi connectivity index (χ3v) is 7.41. The van der Waals surface area contributed by atoms with E-state index >= 15 is 0 Å². The van der Waals surface area contributed by atoms with Crippen LogP contribution in [-0.2, 0) is 16.5 Å². The van der Waals surface area contributed by atoms with Crippen LogP contribution in [0, 0.1) is 22.2 Å². The summed E-state index contributed by atoms with van der Waals surface area (Å²) in [5.74, 6) is 0.243. The lowest BCUT2D eigenvalue weighted by atomic mass is 9.55. The van der Waals surface area contributed by atoms with Crippen molar-refractivity contribution in [3.8, 4) is 17.2 Å². The molecule has 0 saturated heterocycles. The lowest BCUT2D eigenvalue weighted by Crippen LogP contribution is -2.46. The molecule has 0 spiro atoms. The molecule has 32 heavy (non-hydrogen) atoms. The summed E-state index contributed by atoms with van der Waals surface area (Å²) in [5, 5.41) is 11.5. The van der Waals surface area contributed by atoms with E-state index < -0.39 is 10.1 Å². The lowest BCUT2D eigenvalue weighted by Gasteiger charge is -2.52. The van der Waals surface area contributed by atoms with Crippen molar-refractivity contribution in [3.05, 3.63) is 11.1 Å². The van der Waals surface area contributed by atoms with E-state index in [0.717, 1.165) is 12.8 Å². The maximum atomic E-state index is 12.5. The molecule has 1 aliphatic heterocycles. The highest BCUT2D eigenvalue weighted by atomic mass is 32.2. The van der Waals surface area contributed by atoms with Gasteiger partial charge < -0.3 is 14.6 Å². The highest BCUT2D eigenvalue weighted by molar-refractivity contribution is 7.86. The maximum absolute atomic E-state index is 12.5. The zero-order valence-corrected chi connectivity index (χ0v) is 22.2. The normalized spacial score (nSPS) is 21.9. The minimum atomic E-state index is -4.62. The summed E-state index contributed by atoms with van der Waals surface area (Å²) in [4.78, 5) is -0.284. The Labute approximate surface area is 194 Å². The number of ether oxygens (including phenoxy) is 2. The van der Waals surface area contributed by atoms with Gasteiger partial charge in [0.2, 0.25) is 0 Å². The van der Waals surface area contributed by atoms with Crippen molar-refractivity contribution in [2.24, 2.45) is 22.2 Å². The summed E-state index contributed by atoms with van der Waals surface area (Å²) in [6, 6.07) is 0. The number of phenols is 1. The number of hydrogen-bond donors (Lipinski definition) is 2. The highest BCUT2D eigenvalue weighted by Crippen LogP contribution is 2.63. The number of benzene rings is 1. The van der Waals surface area contributed by atoms with E-state index in [2.05, 4.69) is 55.4 Å². The molecular weight excluding hydrogens is 428 g/mol. The Hall–Kier alpha value is -1.47. The third-order valence-electron chi connectivity index (χ3n) is 6.47. The molecule has 2 unspecified atom stereocenters. The number of rotatable bonds is 7. The Morgan fingerprint density at radius 1 is 1.22 bits per heavy atom. The molecule has 0 fully saturated rings. The fourth-order valence-electron chi connectivity index (χ4n) is 6.50. The molecule has 1 aromatic carbocycles. The van der Waals surface area contributed by atoms with Crippen molar-refractivity contribution < 1.29 is 27.6 Å². The van der Waals surface area contributed by atoms with E-state index in [-0.39, 0.29) is 56.3 Å². The molecule has 1 heterocycles. The second-order valence-corrected chi connectivity index (χ2v) is 13.3. The summed E-state index contributed by atoms with van der Waals surface area (Å²) < 4.78 is 46.9. The van der Waals surface area contributed by atoms with Gasteiger partial charge in [0.25, 0.3) is 10.1 Å². The smallest absolute Gasteiger partial charge is 0.298 e. The van der Waals surface area contributed by atoms with Gasteiger partial charge in [0.1, 0.15) is 10.6 Å². The van der Waals surface area contributed by atoms with Crippen LogP contribution in [0.3, 0.4) is 0 Å². The van der Waals surface area contributed by atoms with Gasteiger partial charge in [0.15, 0.2) is 11.5 Å². The van der Waals surface area contributed by atoms with E-state index in [9.17, 15) is 18.1 Å². The largest absolute Gasteiger partial charge is 0.504 e. The molecule has 0 aliphatic carbocycles. The van der Waals surface area contributed by atoms with Crippen molar-refractivity contribution >= 4 is 10.1 Å². The van der Waals surface area contributed by atoms with Gasteiger partial charge in [-0.15, -0.1) is 0 Å². The van der Waals surface area contributed by atoms with Crippen LogP contribution in [-0.4, -0.2) is 31.8 Å². The van der Waals surface area contributed by atoms with Crippen LogP contribution in [0.2, 0.25) is 0 Å². The first-order valence-electron chi connectivity index (χ1n) is 11.5. The molecule has 2 rings (SSSR count). The van der Waals surface area contributed by atoms with Crippen molar-refractivity contribution in [2.75, 3.05) is 13.7 Å². The summed E-state index contributed by atoms with van der Waals surface area (Å²) in [6.07, 6.45) is 1.93. The Balaban J connectivity index is 3.02. The molecule has 0 radical (unpaired) electrons. The van der Waals surface area contributed by atoms with Crippen molar-refractivity contribution in [1.82, 2.24) is 0 Å². The summed E-state index contributed by atoms with van der Waals surface area (Å²) in [5.41, 5.74) is -0.0339. The van der Waals surface area contributed by atoms with E-state index in [1.165, 1.54) is 7.11 Å². The number of aromatic hydroxyl groups is 1. The molecule has 7 heteroatoms. The molecule has 0 amide bonds. The molecule has 6 nitrogen and oxygen atoms in total. The number of methoxy groups -OCH3 is 1.